The maximum absolute atomic E-state index is 11.1. The van der Waals surface area contributed by atoms with Crippen LogP contribution < -0.4 is 10.6 Å². The van der Waals surface area contributed by atoms with Crippen molar-refractivity contribution in [1.29, 1.82) is 0 Å². The van der Waals surface area contributed by atoms with Crippen LogP contribution in [0.3, 0.4) is 0 Å². The molecular formula is C9H9N5O. The molecule has 2 aromatic rings. The molecule has 0 saturated heterocycles. The smallest absolute Gasteiger partial charge is 0.319 e. The van der Waals surface area contributed by atoms with Gasteiger partial charge in [-0.05, 0) is 6.42 Å². The number of amides is 2. The fourth-order valence-electron chi connectivity index (χ4n) is 1.96. The lowest BCUT2D eigenvalue weighted by Crippen LogP contribution is -2.34. The van der Waals surface area contributed by atoms with Crippen molar-refractivity contribution >= 4 is 17.4 Å². The van der Waals surface area contributed by atoms with Crippen LogP contribution in [0.5, 0.6) is 0 Å². The van der Waals surface area contributed by atoms with Gasteiger partial charge in [0.05, 0.1) is 11.9 Å². The number of carbonyl (C=O) groups is 1. The summed E-state index contributed by atoms with van der Waals surface area (Å²) < 4.78 is 1.70. The molecule has 0 spiro atoms. The predicted molar refractivity (Wildman–Crippen MR) is 53.6 cm³/mol. The van der Waals surface area contributed by atoms with Gasteiger partial charge >= 0.3 is 6.03 Å². The molecule has 3 heterocycles. The number of primary amides is 1. The number of rotatable bonds is 0. The molecule has 1 aliphatic rings. The lowest BCUT2D eigenvalue weighted by molar-refractivity contribution is 0.254. The second-order valence-corrected chi connectivity index (χ2v) is 3.44. The van der Waals surface area contributed by atoms with Crippen LogP contribution in [0.1, 0.15) is 5.56 Å². The Hall–Kier alpha value is -2.11. The highest BCUT2D eigenvalue weighted by Gasteiger charge is 2.25. The van der Waals surface area contributed by atoms with Gasteiger partial charge in [-0.3, -0.25) is 4.90 Å². The zero-order chi connectivity index (χ0) is 10.4. The van der Waals surface area contributed by atoms with Gasteiger partial charge < -0.3 is 5.73 Å². The molecule has 1 aliphatic heterocycles. The quantitative estimate of drug-likeness (QED) is 0.663. The van der Waals surface area contributed by atoms with Crippen LogP contribution in [-0.2, 0) is 6.42 Å². The fraction of sp³-hybridized carbons (Fsp3) is 0.222. The van der Waals surface area contributed by atoms with Crippen LogP contribution in [-0.4, -0.2) is 27.2 Å². The average Bonchev–Trinajstić information content (AvgIpc) is 2.82. The minimum atomic E-state index is -0.438. The Morgan fingerprint density at radius 3 is 3.20 bits per heavy atom. The van der Waals surface area contributed by atoms with Crippen molar-refractivity contribution in [2.45, 2.75) is 6.42 Å². The van der Waals surface area contributed by atoms with Crippen LogP contribution in [0.2, 0.25) is 0 Å². The summed E-state index contributed by atoms with van der Waals surface area (Å²) in [6.07, 6.45) is 5.90. The normalized spacial score (nSPS) is 14.5. The number of aromatic nitrogens is 3. The van der Waals surface area contributed by atoms with Gasteiger partial charge in [0, 0.05) is 24.5 Å². The summed E-state index contributed by atoms with van der Waals surface area (Å²) in [4.78, 5) is 16.9. The number of nitrogens with two attached hydrogens (primary N) is 1. The Labute approximate surface area is 85.3 Å². The van der Waals surface area contributed by atoms with E-state index in [1.165, 1.54) is 4.90 Å². The standard InChI is InChI=1S/C9H9N5O/c10-9(15)13-3-1-6-7(13)5-12-14-4-2-11-8(6)14/h2,4-5H,1,3H2,(H2,10,15). The van der Waals surface area contributed by atoms with Gasteiger partial charge in [0.2, 0.25) is 0 Å². The molecule has 6 nitrogen and oxygen atoms in total. The SMILES string of the molecule is NC(=O)N1CCc2c1cnn1ccnc21. The maximum atomic E-state index is 11.1. The molecule has 0 aliphatic carbocycles. The number of urea groups is 1. The van der Waals surface area contributed by atoms with Crippen LogP contribution in [0.4, 0.5) is 10.5 Å². The molecule has 2 amide bonds. The summed E-state index contributed by atoms with van der Waals surface area (Å²) in [7, 11) is 0. The first-order chi connectivity index (χ1) is 7.27. The second kappa shape index (κ2) is 2.69. The molecule has 3 rings (SSSR count). The van der Waals surface area contributed by atoms with Crippen LogP contribution >= 0.6 is 0 Å². The molecule has 0 saturated carbocycles. The minimum Gasteiger partial charge on any atom is -0.351 e. The van der Waals surface area contributed by atoms with Gasteiger partial charge in [0.25, 0.3) is 0 Å². The van der Waals surface area contributed by atoms with Gasteiger partial charge in [-0.15, -0.1) is 0 Å². The van der Waals surface area contributed by atoms with E-state index in [9.17, 15) is 4.79 Å². The third kappa shape index (κ3) is 1.01. The number of nitrogens with zero attached hydrogens (tertiary/aromatic N) is 4. The zero-order valence-electron chi connectivity index (χ0n) is 7.92. The molecule has 2 aromatic heterocycles. The minimum absolute atomic E-state index is 0.438. The Kier molecular flexibility index (Phi) is 1.47. The number of carbonyl (C=O) groups excluding carboxylic acids is 1. The van der Waals surface area contributed by atoms with Crippen molar-refractivity contribution in [3.8, 4) is 0 Å². The topological polar surface area (TPSA) is 76.5 Å². The number of fused-ring (bicyclic) bond motifs is 3. The molecule has 2 N–H and O–H groups in total. The van der Waals surface area contributed by atoms with Gasteiger partial charge in [-0.1, -0.05) is 0 Å². The van der Waals surface area contributed by atoms with Gasteiger partial charge in [-0.2, -0.15) is 5.10 Å². The largest absolute Gasteiger partial charge is 0.351 e. The summed E-state index contributed by atoms with van der Waals surface area (Å²) in [6.45, 7) is 0.610. The molecule has 15 heavy (non-hydrogen) atoms. The maximum Gasteiger partial charge on any atom is 0.319 e. The molecule has 0 fully saturated rings. The van der Waals surface area contributed by atoms with E-state index in [-0.39, 0.29) is 0 Å². The summed E-state index contributed by atoms with van der Waals surface area (Å²) in [5, 5.41) is 4.15. The first kappa shape index (κ1) is 8.22. The van der Waals surface area contributed by atoms with Crippen molar-refractivity contribution in [1.82, 2.24) is 14.6 Å². The summed E-state index contributed by atoms with van der Waals surface area (Å²) in [5.41, 5.74) is 7.88. The van der Waals surface area contributed by atoms with Crippen molar-refractivity contribution in [2.75, 3.05) is 11.4 Å². The second-order valence-electron chi connectivity index (χ2n) is 3.44. The van der Waals surface area contributed by atoms with Crippen molar-refractivity contribution in [2.24, 2.45) is 5.73 Å². The highest BCUT2D eigenvalue weighted by atomic mass is 16.2. The number of imidazole rings is 1. The Bertz CT molecular complexity index is 546. The molecule has 0 bridgehead atoms. The average molecular weight is 203 g/mol. The molecular weight excluding hydrogens is 194 g/mol. The monoisotopic (exact) mass is 203 g/mol. The number of anilines is 1. The van der Waals surface area contributed by atoms with E-state index < -0.39 is 6.03 Å². The van der Waals surface area contributed by atoms with Crippen LogP contribution in [0, 0.1) is 0 Å². The highest BCUT2D eigenvalue weighted by molar-refractivity contribution is 5.94. The van der Waals surface area contributed by atoms with Crippen molar-refractivity contribution < 1.29 is 4.79 Å². The van der Waals surface area contributed by atoms with Crippen molar-refractivity contribution in [3.05, 3.63) is 24.2 Å². The van der Waals surface area contributed by atoms with Crippen LogP contribution in [0.15, 0.2) is 18.6 Å². The fourth-order valence-corrected chi connectivity index (χ4v) is 1.96. The van der Waals surface area contributed by atoms with E-state index in [0.29, 0.717) is 6.54 Å². The lowest BCUT2D eigenvalue weighted by atomic mass is 10.2. The van der Waals surface area contributed by atoms with E-state index in [4.69, 9.17) is 5.73 Å². The molecule has 76 valence electrons. The van der Waals surface area contributed by atoms with E-state index in [0.717, 1.165) is 23.3 Å². The molecule has 0 radical (unpaired) electrons. The number of hydrogen-bond acceptors (Lipinski definition) is 3. The summed E-state index contributed by atoms with van der Waals surface area (Å²) >= 11 is 0. The first-order valence-electron chi connectivity index (χ1n) is 4.65. The Morgan fingerprint density at radius 1 is 1.53 bits per heavy atom. The lowest BCUT2D eigenvalue weighted by Gasteiger charge is -2.12. The predicted octanol–water partition coefficient (Wildman–Crippen LogP) is 0.170. The Balaban J connectivity index is 2.26. The van der Waals surface area contributed by atoms with Crippen LogP contribution in [0.25, 0.3) is 5.65 Å². The molecule has 0 aromatic carbocycles. The number of hydrogen-bond donors (Lipinski definition) is 1. The summed E-state index contributed by atoms with van der Waals surface area (Å²) in [5.74, 6) is 0. The van der Waals surface area contributed by atoms with E-state index >= 15 is 0 Å². The third-order valence-corrected chi connectivity index (χ3v) is 2.65. The summed E-state index contributed by atoms with van der Waals surface area (Å²) in [6, 6.07) is -0.438. The van der Waals surface area contributed by atoms with Gasteiger partial charge in [-0.25, -0.2) is 14.3 Å². The van der Waals surface area contributed by atoms with E-state index in [1.54, 1.807) is 23.1 Å². The molecule has 0 unspecified atom stereocenters. The highest BCUT2D eigenvalue weighted by Crippen LogP contribution is 2.28. The third-order valence-electron chi connectivity index (χ3n) is 2.65. The van der Waals surface area contributed by atoms with Crippen molar-refractivity contribution in [3.63, 3.8) is 0 Å². The van der Waals surface area contributed by atoms with E-state index in [2.05, 4.69) is 10.1 Å². The zero-order valence-corrected chi connectivity index (χ0v) is 7.92. The molecule has 6 heteroatoms. The van der Waals surface area contributed by atoms with E-state index in [1.807, 2.05) is 0 Å². The Morgan fingerprint density at radius 2 is 2.40 bits per heavy atom. The first-order valence-corrected chi connectivity index (χ1v) is 4.65. The van der Waals surface area contributed by atoms with Gasteiger partial charge in [0.1, 0.15) is 0 Å². The van der Waals surface area contributed by atoms with Gasteiger partial charge in [0.15, 0.2) is 5.65 Å². The molecule has 0 atom stereocenters.